The fourth-order valence-corrected chi connectivity index (χ4v) is 2.91. The van der Waals surface area contributed by atoms with E-state index in [2.05, 4.69) is 9.71 Å². The van der Waals surface area contributed by atoms with E-state index in [1.54, 1.807) is 25.3 Å². The maximum absolute atomic E-state index is 12.1. The summed E-state index contributed by atoms with van der Waals surface area (Å²) in [4.78, 5) is 4.05. The van der Waals surface area contributed by atoms with E-state index in [9.17, 15) is 8.42 Å². The Morgan fingerprint density at radius 2 is 2.16 bits per heavy atom. The Balaban J connectivity index is 3.01. The average Bonchev–Trinajstić information content (AvgIpc) is 2.69. The van der Waals surface area contributed by atoms with E-state index in [-0.39, 0.29) is 10.9 Å². The molecule has 1 heterocycles. The van der Waals surface area contributed by atoms with E-state index in [1.165, 1.54) is 6.20 Å². The third kappa shape index (κ3) is 3.78. The number of rotatable bonds is 6. The van der Waals surface area contributed by atoms with Crippen LogP contribution in [0, 0.1) is 24.2 Å². The number of imidazole rings is 1. The lowest BCUT2D eigenvalue weighted by Gasteiger charge is -2.13. The van der Waals surface area contributed by atoms with Crippen molar-refractivity contribution in [3.05, 3.63) is 12.0 Å². The highest BCUT2D eigenvalue weighted by Gasteiger charge is 2.24. The lowest BCUT2D eigenvalue weighted by atomic mass is 10.1. The summed E-state index contributed by atoms with van der Waals surface area (Å²) in [6.45, 7) is 8.07. The molecule has 7 heteroatoms. The normalized spacial score (nSPS) is 13.5. The van der Waals surface area contributed by atoms with Crippen LogP contribution in [-0.2, 0) is 16.6 Å². The molecule has 0 aliphatic carbocycles. The van der Waals surface area contributed by atoms with E-state index in [1.807, 2.05) is 13.0 Å². The van der Waals surface area contributed by atoms with E-state index in [0.29, 0.717) is 5.82 Å². The van der Waals surface area contributed by atoms with E-state index < -0.39 is 16.1 Å². The van der Waals surface area contributed by atoms with Crippen molar-refractivity contribution >= 4 is 10.0 Å². The van der Waals surface area contributed by atoms with Gasteiger partial charge in [0.15, 0.2) is 5.03 Å². The summed E-state index contributed by atoms with van der Waals surface area (Å²) in [5.74, 6) is 0.555. The fraction of sp³-hybridized carbons (Fsp3) is 0.667. The van der Waals surface area contributed by atoms with Crippen molar-refractivity contribution in [3.63, 3.8) is 0 Å². The second-order valence-electron chi connectivity index (χ2n) is 4.79. The van der Waals surface area contributed by atoms with E-state index in [4.69, 9.17) is 5.26 Å². The summed E-state index contributed by atoms with van der Waals surface area (Å²) in [5.41, 5.74) is 0. The fourth-order valence-electron chi connectivity index (χ4n) is 1.62. The molecule has 1 N–H and O–H groups in total. The number of nitriles is 1. The van der Waals surface area contributed by atoms with Gasteiger partial charge in [0, 0.05) is 12.7 Å². The maximum Gasteiger partial charge on any atom is 0.260 e. The first-order chi connectivity index (χ1) is 8.81. The molecule has 1 atom stereocenters. The minimum absolute atomic E-state index is 0.0284. The molecule has 0 radical (unpaired) electrons. The summed E-state index contributed by atoms with van der Waals surface area (Å²) >= 11 is 0. The number of hydrogen-bond donors (Lipinski definition) is 1. The predicted molar refractivity (Wildman–Crippen MR) is 71.8 cm³/mol. The Kier molecular flexibility index (Phi) is 5.09. The summed E-state index contributed by atoms with van der Waals surface area (Å²) in [6.07, 6.45) is 2.41. The molecule has 0 spiro atoms. The number of aryl methyl sites for hydroxylation is 2. The molecule has 1 aromatic rings. The van der Waals surface area contributed by atoms with Crippen molar-refractivity contribution in [1.29, 1.82) is 5.26 Å². The Morgan fingerprint density at radius 3 is 2.63 bits per heavy atom. The first-order valence-electron chi connectivity index (χ1n) is 6.27. The van der Waals surface area contributed by atoms with Gasteiger partial charge in [0.25, 0.3) is 10.0 Å². The van der Waals surface area contributed by atoms with Gasteiger partial charge in [-0.05, 0) is 19.3 Å². The number of aromatic nitrogens is 2. The lowest BCUT2D eigenvalue weighted by Crippen LogP contribution is -2.37. The Morgan fingerprint density at radius 1 is 1.53 bits per heavy atom. The SMILES string of the molecule is CCCn1cc(S(=O)(=O)NC(C#N)C(C)C)nc1C. The highest BCUT2D eigenvalue weighted by Crippen LogP contribution is 2.12. The van der Waals surface area contributed by atoms with Gasteiger partial charge in [-0.3, -0.25) is 0 Å². The zero-order valence-corrected chi connectivity index (χ0v) is 12.5. The van der Waals surface area contributed by atoms with Crippen molar-refractivity contribution in [1.82, 2.24) is 14.3 Å². The third-order valence-electron chi connectivity index (χ3n) is 2.78. The first-order valence-corrected chi connectivity index (χ1v) is 7.75. The Labute approximate surface area is 114 Å². The van der Waals surface area contributed by atoms with E-state index in [0.717, 1.165) is 13.0 Å². The van der Waals surface area contributed by atoms with Gasteiger partial charge in [0.2, 0.25) is 0 Å². The van der Waals surface area contributed by atoms with Crippen LogP contribution < -0.4 is 4.72 Å². The molecule has 0 bridgehead atoms. The second kappa shape index (κ2) is 6.17. The Hall–Kier alpha value is -1.39. The molecule has 1 unspecified atom stereocenters. The van der Waals surface area contributed by atoms with Gasteiger partial charge in [-0.15, -0.1) is 0 Å². The average molecular weight is 284 g/mol. The van der Waals surface area contributed by atoms with Crippen LogP contribution in [0.4, 0.5) is 0 Å². The standard InChI is InChI=1S/C12H20N4O2S/c1-5-6-16-8-12(14-10(16)4)19(17,18)15-11(7-13)9(2)3/h8-9,11,15H,5-6H2,1-4H3. The van der Waals surface area contributed by atoms with Crippen molar-refractivity contribution in [2.24, 2.45) is 5.92 Å². The highest BCUT2D eigenvalue weighted by atomic mass is 32.2. The van der Waals surface area contributed by atoms with Crippen molar-refractivity contribution in [2.45, 2.75) is 51.7 Å². The zero-order chi connectivity index (χ0) is 14.6. The van der Waals surface area contributed by atoms with Crippen LogP contribution in [-0.4, -0.2) is 24.0 Å². The second-order valence-corrected chi connectivity index (χ2v) is 6.45. The quantitative estimate of drug-likeness (QED) is 0.856. The summed E-state index contributed by atoms with van der Waals surface area (Å²) < 4.78 is 28.4. The molecule has 6 nitrogen and oxygen atoms in total. The molecule has 0 aromatic carbocycles. The van der Waals surface area contributed by atoms with Gasteiger partial charge in [-0.2, -0.15) is 9.98 Å². The smallest absolute Gasteiger partial charge is 0.260 e. The first kappa shape index (κ1) is 15.7. The zero-order valence-electron chi connectivity index (χ0n) is 11.7. The minimum atomic E-state index is -3.74. The molecule has 19 heavy (non-hydrogen) atoms. The summed E-state index contributed by atoms with van der Waals surface area (Å²) in [7, 11) is -3.74. The van der Waals surface area contributed by atoms with Crippen LogP contribution in [0.2, 0.25) is 0 Å². The molecule has 1 aromatic heterocycles. The molecule has 0 fully saturated rings. The van der Waals surface area contributed by atoms with E-state index >= 15 is 0 Å². The molecule has 1 rings (SSSR count). The van der Waals surface area contributed by atoms with Crippen molar-refractivity contribution in [2.75, 3.05) is 0 Å². The van der Waals surface area contributed by atoms with Crippen LogP contribution in [0.1, 0.15) is 33.0 Å². The van der Waals surface area contributed by atoms with Crippen LogP contribution in [0.3, 0.4) is 0 Å². The lowest BCUT2D eigenvalue weighted by molar-refractivity contribution is 0.513. The highest BCUT2D eigenvalue weighted by molar-refractivity contribution is 7.89. The molecule has 0 saturated carbocycles. The molecule has 0 aliphatic heterocycles. The van der Waals surface area contributed by atoms with Gasteiger partial charge in [0.1, 0.15) is 11.9 Å². The molecule has 0 aliphatic rings. The van der Waals surface area contributed by atoms with Crippen LogP contribution in [0.25, 0.3) is 0 Å². The predicted octanol–water partition coefficient (Wildman–Crippen LogP) is 1.43. The molecular weight excluding hydrogens is 264 g/mol. The van der Waals surface area contributed by atoms with Crippen LogP contribution >= 0.6 is 0 Å². The molecule has 106 valence electrons. The van der Waals surface area contributed by atoms with Crippen LogP contribution in [0.5, 0.6) is 0 Å². The Bertz CT molecular complexity index is 569. The molecule has 0 saturated heterocycles. The number of nitrogens with one attached hydrogen (secondary N) is 1. The van der Waals surface area contributed by atoms with Gasteiger partial charge < -0.3 is 4.57 Å². The molecular formula is C12H20N4O2S. The number of hydrogen-bond acceptors (Lipinski definition) is 4. The number of nitrogens with zero attached hydrogens (tertiary/aromatic N) is 3. The topological polar surface area (TPSA) is 87.8 Å². The number of sulfonamides is 1. The van der Waals surface area contributed by atoms with Crippen molar-refractivity contribution < 1.29 is 8.42 Å². The monoisotopic (exact) mass is 284 g/mol. The van der Waals surface area contributed by atoms with Gasteiger partial charge >= 0.3 is 0 Å². The largest absolute Gasteiger partial charge is 0.334 e. The van der Waals surface area contributed by atoms with Crippen molar-refractivity contribution in [3.8, 4) is 6.07 Å². The minimum Gasteiger partial charge on any atom is -0.334 e. The summed E-state index contributed by atoms with van der Waals surface area (Å²) in [5, 5.41) is 8.92. The van der Waals surface area contributed by atoms with Gasteiger partial charge in [0.05, 0.1) is 6.07 Å². The van der Waals surface area contributed by atoms with Crippen LogP contribution in [0.15, 0.2) is 11.2 Å². The third-order valence-corrected chi connectivity index (χ3v) is 4.09. The maximum atomic E-state index is 12.1. The molecule has 0 amide bonds. The van der Waals surface area contributed by atoms with Gasteiger partial charge in [-0.1, -0.05) is 20.8 Å². The van der Waals surface area contributed by atoms with Gasteiger partial charge in [-0.25, -0.2) is 13.4 Å². The summed E-state index contributed by atoms with van der Waals surface area (Å²) in [6, 6.07) is 1.20.